The van der Waals surface area contributed by atoms with E-state index in [1.807, 2.05) is 0 Å². The maximum Gasteiger partial charge on any atom is 0.305 e. The molecule has 0 aromatic carbocycles. The molecule has 4 nitrogen and oxygen atoms in total. The normalized spacial score (nSPS) is 9.73. The van der Waals surface area contributed by atoms with Crippen molar-refractivity contribution in [3.05, 3.63) is 0 Å². The average Bonchev–Trinajstić information content (AvgIpc) is 2.24. The third-order valence-corrected chi connectivity index (χ3v) is 2.96. The van der Waals surface area contributed by atoms with Gasteiger partial charge in [-0.25, -0.2) is 0 Å². The van der Waals surface area contributed by atoms with E-state index >= 15 is 0 Å². The number of thioether (sulfide) groups is 1. The number of nitrogens with one attached hydrogen (secondary N) is 1. The number of esters is 1. The number of rotatable bonds is 7. The summed E-state index contributed by atoms with van der Waals surface area (Å²) in [6.07, 6.45) is 1.23. The zero-order chi connectivity index (χ0) is 11.5. The van der Waals surface area contributed by atoms with Crippen molar-refractivity contribution in [2.24, 2.45) is 0 Å². The highest BCUT2D eigenvalue weighted by Crippen LogP contribution is 2.06. The van der Waals surface area contributed by atoms with Crippen LogP contribution in [-0.4, -0.2) is 43.4 Å². The smallest absolute Gasteiger partial charge is 0.305 e. The monoisotopic (exact) mass is 251 g/mol. The predicted molar refractivity (Wildman–Crippen MR) is 66.2 cm³/mol. The summed E-state index contributed by atoms with van der Waals surface area (Å²) in [7, 11) is 3.04. The van der Waals surface area contributed by atoms with Crippen molar-refractivity contribution in [1.82, 2.24) is 5.32 Å². The van der Waals surface area contributed by atoms with E-state index in [0.29, 0.717) is 13.0 Å². The van der Waals surface area contributed by atoms with Crippen LogP contribution >= 0.6 is 24.0 Å². The van der Waals surface area contributed by atoms with Crippen LogP contribution in [0.5, 0.6) is 0 Å². The van der Waals surface area contributed by atoms with Crippen molar-refractivity contribution in [3.63, 3.8) is 0 Å². The fraction of sp³-hybridized carbons (Fsp3) is 0.778. The molecule has 0 aliphatic rings. The van der Waals surface area contributed by atoms with Gasteiger partial charge in [-0.05, 0) is 6.42 Å². The largest absolute Gasteiger partial charge is 0.469 e. The second-order valence-corrected chi connectivity index (χ2v) is 4.51. The molecule has 0 aromatic heterocycles. The van der Waals surface area contributed by atoms with Gasteiger partial charge in [-0.15, -0.1) is 0 Å². The van der Waals surface area contributed by atoms with Gasteiger partial charge in [-0.3, -0.25) is 4.79 Å². The van der Waals surface area contributed by atoms with Crippen LogP contribution in [0, 0.1) is 0 Å². The van der Waals surface area contributed by atoms with Gasteiger partial charge in [-0.2, -0.15) is 0 Å². The van der Waals surface area contributed by atoms with Gasteiger partial charge in [-0.1, -0.05) is 24.0 Å². The van der Waals surface area contributed by atoms with E-state index in [4.69, 9.17) is 17.0 Å². The van der Waals surface area contributed by atoms with Gasteiger partial charge in [0.05, 0.1) is 13.7 Å². The molecule has 0 amide bonds. The first-order valence-electron chi connectivity index (χ1n) is 4.67. The molecule has 15 heavy (non-hydrogen) atoms. The second-order valence-electron chi connectivity index (χ2n) is 2.74. The Hall–Kier alpha value is -0.330. The number of methoxy groups -OCH3 is 2. The Labute approximate surface area is 100 Å². The molecule has 0 aliphatic carbocycles. The molecule has 0 saturated carbocycles. The van der Waals surface area contributed by atoms with Crippen LogP contribution in [0.2, 0.25) is 0 Å². The Bertz CT molecular complexity index is 200. The molecule has 0 aromatic rings. The molecule has 0 fully saturated rings. The lowest BCUT2D eigenvalue weighted by Crippen LogP contribution is -2.23. The molecule has 0 saturated heterocycles. The average molecular weight is 251 g/mol. The zero-order valence-electron chi connectivity index (χ0n) is 9.08. The van der Waals surface area contributed by atoms with Crippen LogP contribution in [0.4, 0.5) is 0 Å². The Morgan fingerprint density at radius 2 is 2.20 bits per heavy atom. The summed E-state index contributed by atoms with van der Waals surface area (Å²) in [4.78, 5) is 10.8. The van der Waals surface area contributed by atoms with Crippen LogP contribution < -0.4 is 5.32 Å². The summed E-state index contributed by atoms with van der Waals surface area (Å²) in [6.45, 7) is 1.36. The van der Waals surface area contributed by atoms with Crippen molar-refractivity contribution in [2.45, 2.75) is 12.8 Å². The van der Waals surface area contributed by atoms with Crippen LogP contribution in [0.3, 0.4) is 0 Å². The van der Waals surface area contributed by atoms with E-state index in [1.165, 1.54) is 18.9 Å². The van der Waals surface area contributed by atoms with Gasteiger partial charge in [0.1, 0.15) is 4.32 Å². The first kappa shape index (κ1) is 14.7. The summed E-state index contributed by atoms with van der Waals surface area (Å²) >= 11 is 6.59. The Balaban J connectivity index is 3.27. The zero-order valence-corrected chi connectivity index (χ0v) is 10.7. The fourth-order valence-corrected chi connectivity index (χ4v) is 1.82. The summed E-state index contributed by atoms with van der Waals surface area (Å²) in [5, 5.41) is 3.04. The molecule has 88 valence electrons. The van der Waals surface area contributed by atoms with Crippen molar-refractivity contribution in [3.8, 4) is 0 Å². The highest BCUT2D eigenvalue weighted by molar-refractivity contribution is 8.22. The molecule has 0 aliphatic heterocycles. The van der Waals surface area contributed by atoms with Crippen LogP contribution in [-0.2, 0) is 14.3 Å². The molecular formula is C9H17NO3S2. The van der Waals surface area contributed by atoms with Gasteiger partial charge in [0.15, 0.2) is 0 Å². The molecule has 0 bridgehead atoms. The molecule has 0 unspecified atom stereocenters. The maximum absolute atomic E-state index is 10.8. The third-order valence-electron chi connectivity index (χ3n) is 1.56. The molecule has 1 N–H and O–H groups in total. The number of hydrogen-bond donors (Lipinski definition) is 1. The molecule has 0 radical (unpaired) electrons. The van der Waals surface area contributed by atoms with Crippen LogP contribution in [0.25, 0.3) is 0 Å². The van der Waals surface area contributed by atoms with Gasteiger partial charge in [0.2, 0.25) is 0 Å². The lowest BCUT2D eigenvalue weighted by atomic mass is 10.3. The molecule has 0 heterocycles. The number of thiocarbonyl (C=S) groups is 1. The lowest BCUT2D eigenvalue weighted by molar-refractivity contribution is -0.140. The molecule has 0 spiro atoms. The molecule has 6 heteroatoms. The summed E-state index contributed by atoms with van der Waals surface area (Å²) in [5.74, 6) is 0.655. The van der Waals surface area contributed by atoms with E-state index in [2.05, 4.69) is 10.1 Å². The summed E-state index contributed by atoms with van der Waals surface area (Å²) < 4.78 is 10.1. The number of ether oxygens (including phenoxy) is 2. The first-order chi connectivity index (χ1) is 7.20. The predicted octanol–water partition coefficient (Wildman–Crippen LogP) is 1.19. The SMILES string of the molecule is COCCNC(=S)SCCCC(=O)OC. The van der Waals surface area contributed by atoms with Gasteiger partial charge in [0.25, 0.3) is 0 Å². The summed E-state index contributed by atoms with van der Waals surface area (Å²) in [6, 6.07) is 0. The van der Waals surface area contributed by atoms with E-state index in [1.54, 1.807) is 7.11 Å². The third kappa shape index (κ3) is 9.96. The van der Waals surface area contributed by atoms with Gasteiger partial charge < -0.3 is 14.8 Å². The minimum Gasteiger partial charge on any atom is -0.469 e. The molecular weight excluding hydrogens is 234 g/mol. The van der Waals surface area contributed by atoms with E-state index in [9.17, 15) is 4.79 Å². The lowest BCUT2D eigenvalue weighted by Gasteiger charge is -2.06. The van der Waals surface area contributed by atoms with Crippen molar-refractivity contribution < 1.29 is 14.3 Å². The number of hydrogen-bond acceptors (Lipinski definition) is 5. The Morgan fingerprint density at radius 3 is 2.80 bits per heavy atom. The Morgan fingerprint density at radius 1 is 1.47 bits per heavy atom. The second kappa shape index (κ2) is 10.2. The van der Waals surface area contributed by atoms with E-state index in [-0.39, 0.29) is 5.97 Å². The van der Waals surface area contributed by atoms with Gasteiger partial charge in [0, 0.05) is 25.8 Å². The first-order valence-corrected chi connectivity index (χ1v) is 6.06. The van der Waals surface area contributed by atoms with E-state index < -0.39 is 0 Å². The van der Waals surface area contributed by atoms with Crippen molar-refractivity contribution >= 4 is 34.3 Å². The van der Waals surface area contributed by atoms with E-state index in [0.717, 1.165) is 23.0 Å². The topological polar surface area (TPSA) is 47.6 Å². The minimum atomic E-state index is -0.172. The number of carbonyl (C=O) groups excluding carboxylic acids is 1. The van der Waals surface area contributed by atoms with Crippen LogP contribution in [0.15, 0.2) is 0 Å². The van der Waals surface area contributed by atoms with Crippen molar-refractivity contribution in [1.29, 1.82) is 0 Å². The van der Waals surface area contributed by atoms with Gasteiger partial charge >= 0.3 is 5.97 Å². The Kier molecular flexibility index (Phi) is 9.97. The van der Waals surface area contributed by atoms with Crippen molar-refractivity contribution in [2.75, 3.05) is 33.1 Å². The molecule has 0 rings (SSSR count). The molecule has 0 atom stereocenters. The standard InChI is InChI=1S/C9H17NO3S2/c1-12-6-5-10-9(14)15-7-3-4-8(11)13-2/h3-7H2,1-2H3,(H,10,14). The minimum absolute atomic E-state index is 0.172. The summed E-state index contributed by atoms with van der Waals surface area (Å²) in [5.41, 5.74) is 0. The fourth-order valence-electron chi connectivity index (χ4n) is 0.790. The maximum atomic E-state index is 10.8. The number of carbonyl (C=O) groups is 1. The van der Waals surface area contributed by atoms with Crippen LogP contribution in [0.1, 0.15) is 12.8 Å². The quantitative estimate of drug-likeness (QED) is 0.417. The highest BCUT2D eigenvalue weighted by atomic mass is 32.2. The highest BCUT2D eigenvalue weighted by Gasteiger charge is 2.01.